The maximum atomic E-state index is 13.5. The molecule has 1 N–H and O–H groups in total. The normalized spacial score (nSPS) is 13.3. The first-order valence-electron chi connectivity index (χ1n) is 11.1. The number of nitrogens with one attached hydrogen (secondary N) is 1. The van der Waals surface area contributed by atoms with E-state index in [1.165, 1.54) is 26.6 Å². The number of nitrogens with zero attached hydrogens (tertiary/aromatic N) is 5. The summed E-state index contributed by atoms with van der Waals surface area (Å²) >= 11 is 12.9. The van der Waals surface area contributed by atoms with E-state index >= 15 is 0 Å². The van der Waals surface area contributed by atoms with E-state index in [9.17, 15) is 8.42 Å². The second-order valence-electron chi connectivity index (χ2n) is 8.03. The Morgan fingerprint density at radius 2 is 1.65 bits per heavy atom. The van der Waals surface area contributed by atoms with Crippen molar-refractivity contribution in [2.75, 3.05) is 32.7 Å². The molecule has 1 aromatic carbocycles. The molecule has 0 aliphatic heterocycles. The monoisotopic (exact) mass is 680 g/mol. The Balaban J connectivity index is 2.11. The van der Waals surface area contributed by atoms with Gasteiger partial charge < -0.3 is 14.2 Å². The average Bonchev–Trinajstić information content (AvgIpc) is 3.24. The van der Waals surface area contributed by atoms with E-state index in [1.54, 1.807) is 31.6 Å². The third-order valence-corrected chi connectivity index (χ3v) is 8.93. The van der Waals surface area contributed by atoms with Gasteiger partial charge in [0.25, 0.3) is 0 Å². The molecule has 0 saturated heterocycles. The number of hydrogen-bond donors (Lipinski definition) is 1. The van der Waals surface area contributed by atoms with Gasteiger partial charge in [-0.15, -0.1) is 10.2 Å². The van der Waals surface area contributed by atoms with Gasteiger partial charge in [0.05, 0.1) is 33.4 Å². The largest absolute Gasteiger partial charge is 0.493 e. The van der Waals surface area contributed by atoms with Crippen LogP contribution in [0.1, 0.15) is 37.8 Å². The average molecular weight is 683 g/mol. The summed E-state index contributed by atoms with van der Waals surface area (Å²) in [6.45, 7) is 3.79. The lowest BCUT2D eigenvalue weighted by Crippen LogP contribution is -2.31. The third-order valence-electron chi connectivity index (χ3n) is 5.70. The fourth-order valence-electron chi connectivity index (χ4n) is 3.57. The summed E-state index contributed by atoms with van der Waals surface area (Å²) in [5.41, 5.74) is 0.420. The maximum absolute atomic E-state index is 13.5. The highest BCUT2D eigenvalue weighted by Crippen LogP contribution is 2.45. The molecule has 3 aromatic rings. The van der Waals surface area contributed by atoms with Crippen molar-refractivity contribution >= 4 is 59.4 Å². The minimum absolute atomic E-state index is 0.0231. The van der Waals surface area contributed by atoms with Crippen molar-refractivity contribution in [3.63, 3.8) is 0 Å². The summed E-state index contributed by atoms with van der Waals surface area (Å²) in [6.07, 6.45) is 3.94. The molecular weight excluding hydrogens is 656 g/mol. The minimum Gasteiger partial charge on any atom is -0.493 e. The number of rotatable bonds is 12. The smallest absolute Gasteiger partial charge is 0.243 e. The number of sulfonamides is 1. The molecule has 15 heteroatoms. The first-order chi connectivity index (χ1) is 17.5. The number of benzene rings is 1. The second kappa shape index (κ2) is 12.7. The molecule has 3 rings (SSSR count). The van der Waals surface area contributed by atoms with Crippen molar-refractivity contribution in [1.29, 1.82) is 0 Å². The van der Waals surface area contributed by atoms with Crippen LogP contribution >= 0.6 is 43.5 Å². The van der Waals surface area contributed by atoms with Crippen molar-refractivity contribution in [3.05, 3.63) is 44.1 Å². The standard InChI is InChI=1S/C22H27Br2ClN6O5S/c1-12(21-26-10-14(25)11-27-21)13(2)37(32,33)30-22-29-28-17(7-6-8-34-3)31(22)18-19(35-4)15(23)9-16(24)20(18)36-5/h9-13H,6-8H2,1-5H3,(H,29,30). The molecule has 0 saturated carbocycles. The van der Waals surface area contributed by atoms with Crippen LogP contribution in [0.3, 0.4) is 0 Å². The molecule has 0 radical (unpaired) electrons. The van der Waals surface area contributed by atoms with Gasteiger partial charge in [-0.3, -0.25) is 9.29 Å². The lowest BCUT2D eigenvalue weighted by molar-refractivity contribution is 0.194. The molecule has 0 spiro atoms. The molecule has 0 bridgehead atoms. The number of methoxy groups -OCH3 is 3. The molecule has 0 aliphatic carbocycles. The first kappa shape index (κ1) is 29.6. The van der Waals surface area contributed by atoms with Gasteiger partial charge in [0.15, 0.2) is 11.5 Å². The molecule has 0 aliphatic rings. The summed E-state index contributed by atoms with van der Waals surface area (Å²) in [4.78, 5) is 8.34. The van der Waals surface area contributed by atoms with E-state index in [-0.39, 0.29) is 5.95 Å². The van der Waals surface area contributed by atoms with Crippen LogP contribution in [-0.2, 0) is 21.2 Å². The summed E-state index contributed by atoms with van der Waals surface area (Å²) in [6, 6.07) is 1.77. The van der Waals surface area contributed by atoms with Crippen LogP contribution in [0.2, 0.25) is 5.02 Å². The molecule has 2 unspecified atom stereocenters. The Morgan fingerprint density at radius 1 is 1.05 bits per heavy atom. The molecule has 202 valence electrons. The fraction of sp³-hybridized carbons (Fsp3) is 0.455. The molecular formula is C22H27Br2ClN6O5S. The van der Waals surface area contributed by atoms with Crippen molar-refractivity contribution < 1.29 is 22.6 Å². The zero-order valence-corrected chi connectivity index (χ0v) is 25.6. The van der Waals surface area contributed by atoms with Crippen LogP contribution in [0, 0.1) is 0 Å². The first-order valence-corrected chi connectivity index (χ1v) is 14.6. The Hall–Kier alpha value is -2.00. The van der Waals surface area contributed by atoms with Gasteiger partial charge in [0.1, 0.15) is 17.3 Å². The number of halogens is 3. The van der Waals surface area contributed by atoms with E-state index in [0.717, 1.165) is 0 Å². The van der Waals surface area contributed by atoms with E-state index in [4.69, 9.17) is 25.8 Å². The lowest BCUT2D eigenvalue weighted by Gasteiger charge is -2.22. The molecule has 0 fully saturated rings. The zero-order chi connectivity index (χ0) is 27.3. The highest BCUT2D eigenvalue weighted by molar-refractivity contribution is 9.11. The third kappa shape index (κ3) is 6.53. The van der Waals surface area contributed by atoms with Crippen molar-refractivity contribution in [2.45, 2.75) is 37.9 Å². The van der Waals surface area contributed by atoms with Crippen LogP contribution in [0.4, 0.5) is 5.95 Å². The molecule has 0 amide bonds. The van der Waals surface area contributed by atoms with Gasteiger partial charge in [-0.25, -0.2) is 18.4 Å². The number of aromatic nitrogens is 5. The molecule has 2 atom stereocenters. The molecule has 2 aromatic heterocycles. The van der Waals surface area contributed by atoms with Crippen LogP contribution in [0.15, 0.2) is 27.4 Å². The summed E-state index contributed by atoms with van der Waals surface area (Å²) in [7, 11) is 0.628. The van der Waals surface area contributed by atoms with E-state index in [1.807, 2.05) is 0 Å². The highest BCUT2D eigenvalue weighted by atomic mass is 79.9. The minimum atomic E-state index is -3.99. The number of hydrogen-bond acceptors (Lipinski definition) is 9. The van der Waals surface area contributed by atoms with Gasteiger partial charge >= 0.3 is 0 Å². The van der Waals surface area contributed by atoms with Crippen molar-refractivity contribution in [1.82, 2.24) is 24.7 Å². The fourth-order valence-corrected chi connectivity index (χ4v) is 6.37. The van der Waals surface area contributed by atoms with E-state index in [0.29, 0.717) is 62.3 Å². The topological polar surface area (TPSA) is 130 Å². The summed E-state index contributed by atoms with van der Waals surface area (Å²) < 4.78 is 48.9. The SMILES string of the molecule is COCCCc1nnc(NS(=O)(=O)C(C)C(C)c2ncc(Cl)cn2)n1-c1c(OC)c(Br)cc(Br)c1OC. The lowest BCUT2D eigenvalue weighted by atomic mass is 10.1. The zero-order valence-electron chi connectivity index (χ0n) is 20.8. The molecule has 2 heterocycles. The van der Waals surface area contributed by atoms with Gasteiger partial charge in [-0.1, -0.05) is 18.5 Å². The van der Waals surface area contributed by atoms with Gasteiger partial charge in [-0.2, -0.15) is 0 Å². The van der Waals surface area contributed by atoms with Gasteiger partial charge in [-0.05, 0) is 51.3 Å². The van der Waals surface area contributed by atoms with Crippen molar-refractivity contribution in [2.24, 2.45) is 0 Å². The van der Waals surface area contributed by atoms with Crippen LogP contribution < -0.4 is 14.2 Å². The van der Waals surface area contributed by atoms with Gasteiger partial charge in [0, 0.05) is 38.4 Å². The quantitative estimate of drug-likeness (QED) is 0.269. The molecule has 11 nitrogen and oxygen atoms in total. The van der Waals surface area contributed by atoms with Crippen LogP contribution in [0.5, 0.6) is 11.5 Å². The number of ether oxygens (including phenoxy) is 3. The number of aryl methyl sites for hydroxylation is 1. The Labute approximate surface area is 237 Å². The Bertz CT molecular complexity index is 1310. The second-order valence-corrected chi connectivity index (χ2v) is 12.2. The Morgan fingerprint density at radius 3 is 2.19 bits per heavy atom. The van der Waals surface area contributed by atoms with Gasteiger partial charge in [0.2, 0.25) is 16.0 Å². The maximum Gasteiger partial charge on any atom is 0.243 e. The highest BCUT2D eigenvalue weighted by Gasteiger charge is 2.33. The summed E-state index contributed by atoms with van der Waals surface area (Å²) in [5, 5.41) is 7.90. The summed E-state index contributed by atoms with van der Waals surface area (Å²) in [5.74, 6) is 1.08. The van der Waals surface area contributed by atoms with Crippen LogP contribution in [0.25, 0.3) is 5.69 Å². The number of anilines is 1. The van der Waals surface area contributed by atoms with Crippen LogP contribution in [-0.4, -0.2) is 66.3 Å². The molecule has 37 heavy (non-hydrogen) atoms. The van der Waals surface area contributed by atoms with Crippen molar-refractivity contribution in [3.8, 4) is 17.2 Å². The predicted octanol–water partition coefficient (Wildman–Crippen LogP) is 4.77. The predicted molar refractivity (Wildman–Crippen MR) is 148 cm³/mol. The van der Waals surface area contributed by atoms with E-state index < -0.39 is 21.2 Å². The van der Waals surface area contributed by atoms with E-state index in [2.05, 4.69) is 56.7 Å². The Kier molecular flexibility index (Phi) is 10.1.